The van der Waals surface area contributed by atoms with E-state index in [1.807, 2.05) is 41.3 Å². The Kier molecular flexibility index (Phi) is 8.24. The molecule has 6 heteroatoms. The van der Waals surface area contributed by atoms with Crippen LogP contribution in [0, 0.1) is 0 Å². The van der Waals surface area contributed by atoms with E-state index in [-0.39, 0.29) is 24.4 Å². The summed E-state index contributed by atoms with van der Waals surface area (Å²) in [6.45, 7) is 4.06. The molecule has 0 saturated heterocycles. The lowest BCUT2D eigenvalue weighted by molar-refractivity contribution is -0.133. The van der Waals surface area contributed by atoms with E-state index in [4.69, 9.17) is 4.74 Å². The van der Waals surface area contributed by atoms with Crippen LogP contribution in [0.5, 0.6) is 5.75 Å². The standard InChI is InChI=1S/C29H35N3O3/c1-3-4-17-31(29(34)24-12-8-14-27(19-24)35-2)22-28(33)32(25-15-16-25)21-26-13-9-18-30(26)20-23-10-6-5-7-11-23/h5-14,18-19,25H,3-4,15-17,20-22H2,1-2H3. The van der Waals surface area contributed by atoms with Gasteiger partial charge in [0.05, 0.1) is 13.7 Å². The summed E-state index contributed by atoms with van der Waals surface area (Å²) >= 11 is 0. The van der Waals surface area contributed by atoms with E-state index >= 15 is 0 Å². The number of methoxy groups -OCH3 is 1. The molecule has 1 aliphatic rings. The number of unbranched alkanes of at least 4 members (excludes halogenated alkanes) is 1. The van der Waals surface area contributed by atoms with Crippen LogP contribution in [0.4, 0.5) is 0 Å². The number of nitrogens with zero attached hydrogens (tertiary/aromatic N) is 3. The average Bonchev–Trinajstić information content (AvgIpc) is 3.64. The summed E-state index contributed by atoms with van der Waals surface area (Å²) in [5.74, 6) is 0.512. The molecule has 3 aromatic rings. The van der Waals surface area contributed by atoms with Crippen LogP contribution >= 0.6 is 0 Å². The molecule has 1 saturated carbocycles. The maximum absolute atomic E-state index is 13.6. The number of ether oxygens (including phenoxy) is 1. The van der Waals surface area contributed by atoms with E-state index in [2.05, 4.69) is 35.9 Å². The minimum absolute atomic E-state index is 0.00677. The number of amides is 2. The molecule has 0 aliphatic heterocycles. The molecule has 184 valence electrons. The predicted octanol–water partition coefficient (Wildman–Crippen LogP) is 4.98. The molecular weight excluding hydrogens is 438 g/mol. The van der Waals surface area contributed by atoms with Crippen molar-refractivity contribution in [2.24, 2.45) is 0 Å². The lowest BCUT2D eigenvalue weighted by atomic mass is 10.1. The molecule has 35 heavy (non-hydrogen) atoms. The van der Waals surface area contributed by atoms with Gasteiger partial charge in [-0.1, -0.05) is 49.7 Å². The third-order valence-electron chi connectivity index (χ3n) is 6.47. The van der Waals surface area contributed by atoms with Crippen LogP contribution in [-0.4, -0.2) is 52.4 Å². The van der Waals surface area contributed by atoms with Gasteiger partial charge in [0, 0.05) is 36.6 Å². The fourth-order valence-corrected chi connectivity index (χ4v) is 4.30. The van der Waals surface area contributed by atoms with Gasteiger partial charge in [-0.05, 0) is 55.2 Å². The molecule has 0 radical (unpaired) electrons. The van der Waals surface area contributed by atoms with Crippen molar-refractivity contribution in [3.8, 4) is 5.75 Å². The smallest absolute Gasteiger partial charge is 0.254 e. The van der Waals surface area contributed by atoms with Crippen molar-refractivity contribution in [3.63, 3.8) is 0 Å². The number of hydrogen-bond acceptors (Lipinski definition) is 3. The van der Waals surface area contributed by atoms with Crippen molar-refractivity contribution >= 4 is 11.8 Å². The normalized spacial score (nSPS) is 12.9. The first-order valence-electron chi connectivity index (χ1n) is 12.5. The highest BCUT2D eigenvalue weighted by molar-refractivity contribution is 5.97. The monoisotopic (exact) mass is 473 g/mol. The lowest BCUT2D eigenvalue weighted by Gasteiger charge is -2.28. The van der Waals surface area contributed by atoms with Crippen LogP contribution in [0.15, 0.2) is 72.9 Å². The zero-order chi connectivity index (χ0) is 24.6. The van der Waals surface area contributed by atoms with Gasteiger partial charge in [-0.25, -0.2) is 0 Å². The number of benzene rings is 2. The van der Waals surface area contributed by atoms with Crippen LogP contribution in [-0.2, 0) is 17.9 Å². The molecule has 0 unspecified atom stereocenters. The molecule has 4 rings (SSSR count). The number of carbonyl (C=O) groups excluding carboxylic acids is 2. The summed E-state index contributed by atoms with van der Waals surface area (Å²) in [5.41, 5.74) is 2.88. The van der Waals surface area contributed by atoms with Gasteiger partial charge in [-0.2, -0.15) is 0 Å². The van der Waals surface area contributed by atoms with Gasteiger partial charge in [0.15, 0.2) is 0 Å². The second-order valence-electron chi connectivity index (χ2n) is 9.18. The van der Waals surface area contributed by atoms with E-state index in [9.17, 15) is 9.59 Å². The first-order valence-corrected chi connectivity index (χ1v) is 12.5. The van der Waals surface area contributed by atoms with Gasteiger partial charge in [0.1, 0.15) is 12.3 Å². The van der Waals surface area contributed by atoms with E-state index in [0.29, 0.717) is 24.4 Å². The molecule has 2 aromatic carbocycles. The third kappa shape index (κ3) is 6.53. The number of hydrogen-bond donors (Lipinski definition) is 0. The highest BCUT2D eigenvalue weighted by Crippen LogP contribution is 2.29. The molecule has 1 heterocycles. The Bertz CT molecular complexity index is 1120. The van der Waals surface area contributed by atoms with Gasteiger partial charge in [-0.3, -0.25) is 9.59 Å². The van der Waals surface area contributed by atoms with Gasteiger partial charge < -0.3 is 19.1 Å². The second kappa shape index (κ2) is 11.7. The maximum Gasteiger partial charge on any atom is 0.254 e. The fraction of sp³-hybridized carbons (Fsp3) is 0.379. The van der Waals surface area contributed by atoms with E-state index in [1.165, 1.54) is 5.56 Å². The van der Waals surface area contributed by atoms with Crippen molar-refractivity contribution in [2.45, 2.75) is 51.7 Å². The summed E-state index contributed by atoms with van der Waals surface area (Å²) < 4.78 is 7.49. The van der Waals surface area contributed by atoms with Crippen molar-refractivity contribution in [2.75, 3.05) is 20.2 Å². The summed E-state index contributed by atoms with van der Waals surface area (Å²) in [4.78, 5) is 30.5. The summed E-state index contributed by atoms with van der Waals surface area (Å²) in [5, 5.41) is 0. The predicted molar refractivity (Wildman–Crippen MR) is 137 cm³/mol. The number of rotatable bonds is 12. The van der Waals surface area contributed by atoms with E-state index < -0.39 is 0 Å². The van der Waals surface area contributed by atoms with Crippen molar-refractivity contribution in [3.05, 3.63) is 89.7 Å². The number of aromatic nitrogens is 1. The van der Waals surface area contributed by atoms with Gasteiger partial charge in [0.2, 0.25) is 5.91 Å². The Hall–Kier alpha value is -3.54. The molecule has 0 atom stereocenters. The molecule has 1 aromatic heterocycles. The van der Waals surface area contributed by atoms with E-state index in [0.717, 1.165) is 37.9 Å². The van der Waals surface area contributed by atoms with Gasteiger partial charge in [0.25, 0.3) is 5.91 Å². The second-order valence-corrected chi connectivity index (χ2v) is 9.18. The first-order chi connectivity index (χ1) is 17.1. The van der Waals surface area contributed by atoms with Crippen LogP contribution in [0.25, 0.3) is 0 Å². The molecule has 0 bridgehead atoms. The average molecular weight is 474 g/mol. The van der Waals surface area contributed by atoms with Crippen molar-refractivity contribution in [1.82, 2.24) is 14.4 Å². The Balaban J connectivity index is 1.48. The Morgan fingerprint density at radius 1 is 1.03 bits per heavy atom. The Labute approximate surface area is 208 Å². The van der Waals surface area contributed by atoms with Crippen molar-refractivity contribution in [1.29, 1.82) is 0 Å². The molecule has 1 fully saturated rings. The van der Waals surface area contributed by atoms with Crippen LogP contribution in [0.1, 0.15) is 54.2 Å². The van der Waals surface area contributed by atoms with Gasteiger partial charge >= 0.3 is 0 Å². The number of carbonyl (C=O) groups is 2. The maximum atomic E-state index is 13.6. The summed E-state index contributed by atoms with van der Waals surface area (Å²) in [6, 6.07) is 21.9. The molecule has 0 N–H and O–H groups in total. The zero-order valence-electron chi connectivity index (χ0n) is 20.7. The molecule has 2 amide bonds. The largest absolute Gasteiger partial charge is 0.497 e. The SMILES string of the molecule is CCCCN(CC(=O)N(Cc1cccn1Cc1ccccc1)C1CC1)C(=O)c1cccc(OC)c1. The molecule has 6 nitrogen and oxygen atoms in total. The minimum Gasteiger partial charge on any atom is -0.497 e. The highest BCUT2D eigenvalue weighted by Gasteiger charge is 2.34. The first kappa shape index (κ1) is 24.6. The zero-order valence-corrected chi connectivity index (χ0v) is 20.7. The topological polar surface area (TPSA) is 54.8 Å². The van der Waals surface area contributed by atoms with Crippen LogP contribution < -0.4 is 4.74 Å². The summed E-state index contributed by atoms with van der Waals surface area (Å²) in [7, 11) is 1.59. The van der Waals surface area contributed by atoms with Crippen LogP contribution in [0.3, 0.4) is 0 Å². The van der Waals surface area contributed by atoms with Gasteiger partial charge in [-0.15, -0.1) is 0 Å². The molecule has 0 spiro atoms. The molecule has 1 aliphatic carbocycles. The third-order valence-corrected chi connectivity index (χ3v) is 6.47. The van der Waals surface area contributed by atoms with Crippen molar-refractivity contribution < 1.29 is 14.3 Å². The summed E-state index contributed by atoms with van der Waals surface area (Å²) in [6.07, 6.45) is 5.91. The fourth-order valence-electron chi connectivity index (χ4n) is 4.30. The highest BCUT2D eigenvalue weighted by atomic mass is 16.5. The lowest BCUT2D eigenvalue weighted by Crippen LogP contribution is -2.44. The molecular formula is C29H35N3O3. The minimum atomic E-state index is -0.131. The van der Waals surface area contributed by atoms with Crippen LogP contribution in [0.2, 0.25) is 0 Å². The Morgan fingerprint density at radius 2 is 1.83 bits per heavy atom. The van der Waals surface area contributed by atoms with E-state index in [1.54, 1.807) is 24.1 Å². The quantitative estimate of drug-likeness (QED) is 0.373. The Morgan fingerprint density at radius 3 is 2.54 bits per heavy atom.